The lowest BCUT2D eigenvalue weighted by atomic mass is 10.1. The first-order valence-corrected chi connectivity index (χ1v) is 8.03. The summed E-state index contributed by atoms with van der Waals surface area (Å²) in [6, 6.07) is 8.47. The van der Waals surface area contributed by atoms with Crippen molar-refractivity contribution in [2.75, 3.05) is 13.1 Å². The summed E-state index contributed by atoms with van der Waals surface area (Å²) >= 11 is 3.39. The van der Waals surface area contributed by atoms with Crippen molar-refractivity contribution >= 4 is 21.7 Å². The molecular weight excluding hydrogens is 302 g/mol. The number of carbonyl (C=O) groups is 1. The molecule has 19 heavy (non-hydrogen) atoms. The van der Waals surface area contributed by atoms with Crippen LogP contribution < -0.4 is 0 Å². The monoisotopic (exact) mass is 323 g/mol. The smallest absolute Gasteiger partial charge is 0.162 e. The molecule has 0 saturated heterocycles. The van der Waals surface area contributed by atoms with Crippen LogP contribution in [0.5, 0.6) is 0 Å². The average molecular weight is 324 g/mol. The molecule has 1 aliphatic rings. The van der Waals surface area contributed by atoms with Crippen LogP contribution in [0.1, 0.15) is 49.4 Å². The molecule has 0 bridgehead atoms. The number of benzene rings is 1. The maximum atomic E-state index is 12.0. The summed E-state index contributed by atoms with van der Waals surface area (Å²) in [4.78, 5) is 14.6. The van der Waals surface area contributed by atoms with E-state index in [1.165, 1.54) is 25.8 Å². The van der Waals surface area contributed by atoms with Gasteiger partial charge >= 0.3 is 0 Å². The van der Waals surface area contributed by atoms with E-state index in [0.717, 1.165) is 29.0 Å². The fourth-order valence-electron chi connectivity index (χ4n) is 2.43. The molecule has 1 aliphatic carbocycles. The molecule has 0 heterocycles. The van der Waals surface area contributed by atoms with Crippen molar-refractivity contribution in [2.24, 2.45) is 0 Å². The molecule has 0 aromatic heterocycles. The normalized spacial score (nSPS) is 14.9. The van der Waals surface area contributed by atoms with Gasteiger partial charge in [-0.05, 0) is 50.9 Å². The van der Waals surface area contributed by atoms with Gasteiger partial charge in [0, 0.05) is 22.5 Å². The van der Waals surface area contributed by atoms with Crippen LogP contribution in [-0.4, -0.2) is 29.8 Å². The van der Waals surface area contributed by atoms with Gasteiger partial charge in [0.1, 0.15) is 0 Å². The van der Waals surface area contributed by atoms with Gasteiger partial charge < -0.3 is 4.90 Å². The van der Waals surface area contributed by atoms with Crippen LogP contribution >= 0.6 is 15.9 Å². The van der Waals surface area contributed by atoms with Crippen molar-refractivity contribution in [3.8, 4) is 0 Å². The van der Waals surface area contributed by atoms with Crippen LogP contribution in [0.25, 0.3) is 0 Å². The van der Waals surface area contributed by atoms with Gasteiger partial charge in [0.25, 0.3) is 0 Å². The predicted molar refractivity (Wildman–Crippen MR) is 82.6 cm³/mol. The van der Waals surface area contributed by atoms with E-state index in [9.17, 15) is 4.79 Å². The Morgan fingerprint density at radius 3 is 2.53 bits per heavy atom. The Bertz CT molecular complexity index is 411. The molecule has 0 aliphatic heterocycles. The SMILES string of the molecule is CCCN(CCCC(=O)c1ccc(Br)cc1)C1CC1. The molecule has 0 spiro atoms. The van der Waals surface area contributed by atoms with E-state index >= 15 is 0 Å². The fourth-order valence-corrected chi connectivity index (χ4v) is 2.69. The number of hydrogen-bond donors (Lipinski definition) is 0. The van der Waals surface area contributed by atoms with Gasteiger partial charge in [-0.1, -0.05) is 35.0 Å². The largest absolute Gasteiger partial charge is 0.300 e. The lowest BCUT2D eigenvalue weighted by molar-refractivity contribution is 0.0974. The molecule has 0 N–H and O–H groups in total. The van der Waals surface area contributed by atoms with Crippen LogP contribution in [0.15, 0.2) is 28.7 Å². The van der Waals surface area contributed by atoms with Crippen molar-refractivity contribution in [1.82, 2.24) is 4.90 Å². The summed E-state index contributed by atoms with van der Waals surface area (Å²) in [5, 5.41) is 0. The fraction of sp³-hybridized carbons (Fsp3) is 0.562. The minimum atomic E-state index is 0.264. The molecule has 2 rings (SSSR count). The number of carbonyl (C=O) groups excluding carboxylic acids is 1. The van der Waals surface area contributed by atoms with Crippen LogP contribution in [-0.2, 0) is 0 Å². The number of hydrogen-bond acceptors (Lipinski definition) is 2. The molecule has 3 heteroatoms. The number of rotatable bonds is 8. The van der Waals surface area contributed by atoms with Crippen LogP contribution in [0.4, 0.5) is 0 Å². The molecule has 1 aromatic rings. The van der Waals surface area contributed by atoms with Gasteiger partial charge in [0.05, 0.1) is 0 Å². The van der Waals surface area contributed by atoms with Crippen molar-refractivity contribution in [3.05, 3.63) is 34.3 Å². The number of nitrogens with zero attached hydrogens (tertiary/aromatic N) is 1. The van der Waals surface area contributed by atoms with E-state index in [-0.39, 0.29) is 5.78 Å². The second-order valence-electron chi connectivity index (χ2n) is 5.30. The maximum absolute atomic E-state index is 12.0. The molecule has 0 radical (unpaired) electrons. The molecule has 2 nitrogen and oxygen atoms in total. The third kappa shape index (κ3) is 4.73. The second kappa shape index (κ2) is 7.20. The highest BCUT2D eigenvalue weighted by Gasteiger charge is 2.27. The zero-order chi connectivity index (χ0) is 13.7. The van der Waals surface area contributed by atoms with Gasteiger partial charge in [-0.25, -0.2) is 0 Å². The number of halogens is 1. The topological polar surface area (TPSA) is 20.3 Å². The van der Waals surface area contributed by atoms with Crippen molar-refractivity contribution in [3.63, 3.8) is 0 Å². The first-order chi connectivity index (χ1) is 9.20. The van der Waals surface area contributed by atoms with E-state index in [2.05, 4.69) is 27.8 Å². The summed E-state index contributed by atoms with van der Waals surface area (Å²) in [7, 11) is 0. The van der Waals surface area contributed by atoms with Crippen molar-refractivity contribution < 1.29 is 4.79 Å². The Morgan fingerprint density at radius 2 is 1.95 bits per heavy atom. The highest BCUT2D eigenvalue weighted by molar-refractivity contribution is 9.10. The lowest BCUT2D eigenvalue weighted by Gasteiger charge is -2.20. The summed E-state index contributed by atoms with van der Waals surface area (Å²) in [5.41, 5.74) is 0.830. The van der Waals surface area contributed by atoms with E-state index < -0.39 is 0 Å². The average Bonchev–Trinajstić information content (AvgIpc) is 3.22. The van der Waals surface area contributed by atoms with Crippen LogP contribution in [0, 0.1) is 0 Å². The third-order valence-corrected chi connectivity index (χ3v) is 4.12. The minimum Gasteiger partial charge on any atom is -0.300 e. The summed E-state index contributed by atoms with van der Waals surface area (Å²) in [5.74, 6) is 0.264. The van der Waals surface area contributed by atoms with E-state index in [0.29, 0.717) is 6.42 Å². The zero-order valence-electron chi connectivity index (χ0n) is 11.6. The van der Waals surface area contributed by atoms with E-state index in [1.807, 2.05) is 24.3 Å². The Kier molecular flexibility index (Phi) is 5.59. The molecule has 1 aromatic carbocycles. The first-order valence-electron chi connectivity index (χ1n) is 7.23. The van der Waals surface area contributed by atoms with Gasteiger partial charge in [-0.15, -0.1) is 0 Å². The lowest BCUT2D eigenvalue weighted by Crippen LogP contribution is -2.28. The quantitative estimate of drug-likeness (QED) is 0.665. The molecule has 0 amide bonds. The molecule has 0 unspecified atom stereocenters. The molecule has 104 valence electrons. The second-order valence-corrected chi connectivity index (χ2v) is 6.22. The van der Waals surface area contributed by atoms with Gasteiger partial charge in [0.2, 0.25) is 0 Å². The number of ketones is 1. The Hall–Kier alpha value is -0.670. The Morgan fingerprint density at radius 1 is 1.26 bits per heavy atom. The molecular formula is C16H22BrNO. The van der Waals surface area contributed by atoms with Crippen LogP contribution in [0.2, 0.25) is 0 Å². The third-order valence-electron chi connectivity index (χ3n) is 3.59. The summed E-state index contributed by atoms with van der Waals surface area (Å²) < 4.78 is 1.02. The summed E-state index contributed by atoms with van der Waals surface area (Å²) in [6.07, 6.45) is 5.54. The minimum absolute atomic E-state index is 0.264. The first kappa shape index (κ1) is 14.7. The maximum Gasteiger partial charge on any atom is 0.162 e. The zero-order valence-corrected chi connectivity index (χ0v) is 13.2. The number of Topliss-reactive ketones (excluding diaryl/α,β-unsaturated/α-hetero) is 1. The highest BCUT2D eigenvalue weighted by atomic mass is 79.9. The van der Waals surface area contributed by atoms with Crippen molar-refractivity contribution in [2.45, 2.75) is 45.1 Å². The Labute approximate surface area is 124 Å². The Balaban J connectivity index is 1.75. The molecule has 1 saturated carbocycles. The highest BCUT2D eigenvalue weighted by Crippen LogP contribution is 2.27. The summed E-state index contributed by atoms with van der Waals surface area (Å²) in [6.45, 7) is 4.47. The van der Waals surface area contributed by atoms with E-state index in [1.54, 1.807) is 0 Å². The molecule has 1 fully saturated rings. The van der Waals surface area contributed by atoms with Crippen LogP contribution in [0.3, 0.4) is 0 Å². The molecule has 0 atom stereocenters. The van der Waals surface area contributed by atoms with Gasteiger partial charge in [-0.2, -0.15) is 0 Å². The standard InChI is InChI=1S/C16H22BrNO/c1-2-11-18(15-9-10-15)12-3-4-16(19)13-5-7-14(17)8-6-13/h5-8,15H,2-4,9-12H2,1H3. The van der Waals surface area contributed by atoms with Crippen molar-refractivity contribution in [1.29, 1.82) is 0 Å². The van der Waals surface area contributed by atoms with Gasteiger partial charge in [-0.3, -0.25) is 4.79 Å². The van der Waals surface area contributed by atoms with E-state index in [4.69, 9.17) is 0 Å². The van der Waals surface area contributed by atoms with Gasteiger partial charge in [0.15, 0.2) is 5.78 Å². The predicted octanol–water partition coefficient (Wildman–Crippen LogP) is 4.29.